The first kappa shape index (κ1) is 19.0. The molecule has 2 N–H and O–H groups in total. The van der Waals surface area contributed by atoms with Crippen molar-refractivity contribution in [1.29, 1.82) is 0 Å². The molecule has 4 nitrogen and oxygen atoms in total. The van der Waals surface area contributed by atoms with Crippen molar-refractivity contribution in [2.75, 3.05) is 20.2 Å². The van der Waals surface area contributed by atoms with Gasteiger partial charge in [0.25, 0.3) is 0 Å². The van der Waals surface area contributed by atoms with Gasteiger partial charge in [-0.3, -0.25) is 4.99 Å². The molecule has 0 amide bonds. The van der Waals surface area contributed by atoms with E-state index in [1.807, 2.05) is 0 Å². The molecule has 1 aliphatic carbocycles. The minimum Gasteiger partial charge on any atom is -0.492 e. The summed E-state index contributed by atoms with van der Waals surface area (Å²) >= 11 is 0. The zero-order valence-electron chi connectivity index (χ0n) is 13.0. The summed E-state index contributed by atoms with van der Waals surface area (Å²) in [4.78, 5) is 4.22. The van der Waals surface area contributed by atoms with Crippen LogP contribution in [-0.4, -0.2) is 32.2 Å². The number of hydrogen-bond acceptors (Lipinski definition) is 2. The van der Waals surface area contributed by atoms with E-state index in [1.165, 1.54) is 44.2 Å². The normalized spacial score (nSPS) is 15.8. The second kappa shape index (κ2) is 10.6. The van der Waals surface area contributed by atoms with E-state index in [4.69, 9.17) is 4.74 Å². The molecule has 0 atom stereocenters. The van der Waals surface area contributed by atoms with E-state index < -0.39 is 0 Å². The molecule has 0 heterocycles. The summed E-state index contributed by atoms with van der Waals surface area (Å²) in [5.74, 6) is 1.08. The molecule has 0 bridgehead atoms. The second-order valence-electron chi connectivity index (χ2n) is 5.28. The lowest BCUT2D eigenvalue weighted by Gasteiger charge is -2.24. The van der Waals surface area contributed by atoms with E-state index in [0.29, 0.717) is 24.9 Å². The average molecular weight is 421 g/mol. The van der Waals surface area contributed by atoms with Gasteiger partial charge in [0.1, 0.15) is 18.2 Å². The summed E-state index contributed by atoms with van der Waals surface area (Å²) < 4.78 is 18.5. The third kappa shape index (κ3) is 6.81. The standard InChI is InChI=1S/C16H24FN3O.HI/c1-18-16(20-14-7-3-2-4-8-14)19-10-11-21-15-9-5-6-13(17)12-15;/h5-6,9,12,14H,2-4,7-8,10-11H2,1H3,(H2,18,19,20);1H. The molecule has 124 valence electrons. The molecule has 0 spiro atoms. The lowest BCUT2D eigenvalue weighted by molar-refractivity contribution is 0.319. The second-order valence-corrected chi connectivity index (χ2v) is 5.28. The molecule has 1 aliphatic rings. The Balaban J connectivity index is 0.00000242. The summed E-state index contributed by atoms with van der Waals surface area (Å²) in [7, 11) is 1.77. The van der Waals surface area contributed by atoms with Crippen LogP contribution in [0.1, 0.15) is 32.1 Å². The number of ether oxygens (including phenoxy) is 1. The molecular weight excluding hydrogens is 396 g/mol. The zero-order chi connectivity index (χ0) is 14.9. The first-order valence-electron chi connectivity index (χ1n) is 7.63. The molecule has 0 aliphatic heterocycles. The van der Waals surface area contributed by atoms with Crippen molar-refractivity contribution >= 4 is 29.9 Å². The summed E-state index contributed by atoms with van der Waals surface area (Å²) in [6.45, 7) is 1.09. The smallest absolute Gasteiger partial charge is 0.191 e. The van der Waals surface area contributed by atoms with Gasteiger partial charge in [-0.2, -0.15) is 0 Å². The predicted octanol–water partition coefficient (Wildman–Crippen LogP) is 3.32. The van der Waals surface area contributed by atoms with Gasteiger partial charge in [-0.05, 0) is 25.0 Å². The summed E-state index contributed by atoms with van der Waals surface area (Å²) in [5.41, 5.74) is 0. The van der Waals surface area contributed by atoms with E-state index >= 15 is 0 Å². The lowest BCUT2D eigenvalue weighted by atomic mass is 9.96. The maximum atomic E-state index is 13.0. The highest BCUT2D eigenvalue weighted by molar-refractivity contribution is 14.0. The van der Waals surface area contributed by atoms with Crippen molar-refractivity contribution in [2.24, 2.45) is 4.99 Å². The number of benzene rings is 1. The fourth-order valence-corrected chi connectivity index (χ4v) is 2.53. The topological polar surface area (TPSA) is 45.7 Å². The van der Waals surface area contributed by atoms with Crippen LogP contribution in [0.2, 0.25) is 0 Å². The van der Waals surface area contributed by atoms with Crippen LogP contribution < -0.4 is 15.4 Å². The number of nitrogens with one attached hydrogen (secondary N) is 2. The van der Waals surface area contributed by atoms with Gasteiger partial charge >= 0.3 is 0 Å². The molecule has 0 saturated heterocycles. The van der Waals surface area contributed by atoms with E-state index in [1.54, 1.807) is 19.2 Å². The number of halogens is 2. The molecule has 22 heavy (non-hydrogen) atoms. The number of aliphatic imine (C=N–C) groups is 1. The zero-order valence-corrected chi connectivity index (χ0v) is 15.3. The Hall–Kier alpha value is -1.05. The van der Waals surface area contributed by atoms with Gasteiger partial charge < -0.3 is 15.4 Å². The van der Waals surface area contributed by atoms with E-state index in [2.05, 4.69) is 15.6 Å². The number of hydrogen-bond donors (Lipinski definition) is 2. The van der Waals surface area contributed by atoms with Gasteiger partial charge in [-0.15, -0.1) is 24.0 Å². The fourth-order valence-electron chi connectivity index (χ4n) is 2.53. The summed E-state index contributed by atoms with van der Waals surface area (Å²) in [5, 5.41) is 6.66. The minimum absolute atomic E-state index is 0. The highest BCUT2D eigenvalue weighted by Gasteiger charge is 2.14. The van der Waals surface area contributed by atoms with Crippen LogP contribution in [0.4, 0.5) is 4.39 Å². The lowest BCUT2D eigenvalue weighted by Crippen LogP contribution is -2.45. The van der Waals surface area contributed by atoms with E-state index in [0.717, 1.165) is 5.96 Å². The Morgan fingerprint density at radius 1 is 1.32 bits per heavy atom. The van der Waals surface area contributed by atoms with E-state index in [9.17, 15) is 4.39 Å². The highest BCUT2D eigenvalue weighted by atomic mass is 127. The number of nitrogens with zero attached hydrogens (tertiary/aromatic N) is 1. The number of rotatable bonds is 5. The Bertz CT molecular complexity index is 464. The van der Waals surface area contributed by atoms with Gasteiger partial charge in [0.2, 0.25) is 0 Å². The number of guanidine groups is 1. The van der Waals surface area contributed by atoms with Crippen LogP contribution in [0, 0.1) is 5.82 Å². The largest absolute Gasteiger partial charge is 0.492 e. The molecule has 0 unspecified atom stereocenters. The summed E-state index contributed by atoms with van der Waals surface area (Å²) in [6, 6.07) is 6.70. The van der Waals surface area contributed by atoms with E-state index in [-0.39, 0.29) is 29.8 Å². The Morgan fingerprint density at radius 2 is 2.09 bits per heavy atom. The van der Waals surface area contributed by atoms with Crippen molar-refractivity contribution in [3.8, 4) is 5.75 Å². The van der Waals surface area contributed by atoms with Crippen molar-refractivity contribution in [3.63, 3.8) is 0 Å². The monoisotopic (exact) mass is 421 g/mol. The highest BCUT2D eigenvalue weighted by Crippen LogP contribution is 2.17. The molecule has 1 aromatic carbocycles. The van der Waals surface area contributed by atoms with Crippen molar-refractivity contribution < 1.29 is 9.13 Å². The van der Waals surface area contributed by atoms with Gasteiger partial charge in [-0.25, -0.2) is 4.39 Å². The average Bonchev–Trinajstić information content (AvgIpc) is 2.51. The third-order valence-corrected chi connectivity index (χ3v) is 3.63. The quantitative estimate of drug-likeness (QED) is 0.332. The van der Waals surface area contributed by atoms with Crippen LogP contribution in [0.25, 0.3) is 0 Å². The Morgan fingerprint density at radius 3 is 2.77 bits per heavy atom. The predicted molar refractivity (Wildman–Crippen MR) is 98.7 cm³/mol. The van der Waals surface area contributed by atoms with Crippen LogP contribution in [0.5, 0.6) is 5.75 Å². The molecule has 1 aromatic rings. The molecule has 6 heteroatoms. The summed E-state index contributed by atoms with van der Waals surface area (Å²) in [6.07, 6.45) is 6.33. The van der Waals surface area contributed by atoms with Gasteiger partial charge in [0.05, 0.1) is 6.54 Å². The maximum absolute atomic E-state index is 13.0. The SMILES string of the molecule is CN=C(NCCOc1cccc(F)c1)NC1CCCCC1.I. The van der Waals surface area contributed by atoms with Crippen molar-refractivity contribution in [1.82, 2.24) is 10.6 Å². The van der Waals surface area contributed by atoms with Crippen LogP contribution in [-0.2, 0) is 0 Å². The molecule has 1 saturated carbocycles. The minimum atomic E-state index is -0.282. The first-order chi connectivity index (χ1) is 10.3. The van der Waals surface area contributed by atoms with Gasteiger partial charge in [-0.1, -0.05) is 25.3 Å². The third-order valence-electron chi connectivity index (χ3n) is 3.63. The molecule has 2 rings (SSSR count). The molecule has 1 fully saturated rings. The van der Waals surface area contributed by atoms with Crippen LogP contribution >= 0.6 is 24.0 Å². The Labute approximate surface area is 148 Å². The Kier molecular flexibility index (Phi) is 9.19. The molecule has 0 aromatic heterocycles. The van der Waals surface area contributed by atoms with Gasteiger partial charge in [0, 0.05) is 19.2 Å². The first-order valence-corrected chi connectivity index (χ1v) is 7.63. The van der Waals surface area contributed by atoms with Crippen molar-refractivity contribution in [3.05, 3.63) is 30.1 Å². The fraction of sp³-hybridized carbons (Fsp3) is 0.562. The van der Waals surface area contributed by atoms with Gasteiger partial charge in [0.15, 0.2) is 5.96 Å². The van der Waals surface area contributed by atoms with Crippen molar-refractivity contribution in [2.45, 2.75) is 38.1 Å². The van der Waals surface area contributed by atoms with Crippen LogP contribution in [0.3, 0.4) is 0 Å². The molecular formula is C16H25FIN3O. The van der Waals surface area contributed by atoms with Crippen LogP contribution in [0.15, 0.2) is 29.3 Å². The molecule has 0 radical (unpaired) electrons. The maximum Gasteiger partial charge on any atom is 0.191 e.